The minimum atomic E-state index is 0.0413. The van der Waals surface area contributed by atoms with Crippen molar-refractivity contribution in [2.45, 2.75) is 19.9 Å². The largest absolute Gasteiger partial charge is 0.379 e. The van der Waals surface area contributed by atoms with E-state index in [9.17, 15) is 4.79 Å². The van der Waals surface area contributed by atoms with E-state index in [1.165, 1.54) is 0 Å². The number of morpholine rings is 1. The second kappa shape index (κ2) is 9.62. The van der Waals surface area contributed by atoms with Crippen molar-refractivity contribution < 1.29 is 9.53 Å². The molecule has 1 N–H and O–H groups in total. The van der Waals surface area contributed by atoms with Crippen LogP contribution in [-0.2, 0) is 4.74 Å². The molecule has 0 aliphatic carbocycles. The number of nitrogens with one attached hydrogen (secondary N) is 1. The quantitative estimate of drug-likeness (QED) is 0.833. The topological polar surface area (TPSA) is 48.1 Å². The molecular formula is C20H31ClN4O2. The van der Waals surface area contributed by atoms with Gasteiger partial charge in [0.1, 0.15) is 0 Å². The Morgan fingerprint density at radius 3 is 2.48 bits per heavy atom. The minimum Gasteiger partial charge on any atom is -0.379 e. The van der Waals surface area contributed by atoms with Crippen molar-refractivity contribution in [1.29, 1.82) is 0 Å². The molecule has 0 aromatic heterocycles. The van der Waals surface area contributed by atoms with Crippen LogP contribution in [0.25, 0.3) is 0 Å². The van der Waals surface area contributed by atoms with Crippen molar-refractivity contribution in [2.75, 3.05) is 63.9 Å². The van der Waals surface area contributed by atoms with Crippen LogP contribution in [0.3, 0.4) is 0 Å². The number of amides is 2. The normalized spacial score (nSPS) is 20.0. The first-order chi connectivity index (χ1) is 13.0. The molecule has 1 atom stereocenters. The fourth-order valence-electron chi connectivity index (χ4n) is 3.84. The molecule has 27 heavy (non-hydrogen) atoms. The van der Waals surface area contributed by atoms with E-state index in [-0.39, 0.29) is 6.03 Å². The second-order valence-electron chi connectivity index (χ2n) is 7.60. The van der Waals surface area contributed by atoms with Crippen molar-refractivity contribution in [1.82, 2.24) is 15.1 Å². The Hall–Kier alpha value is -1.50. The summed E-state index contributed by atoms with van der Waals surface area (Å²) in [6, 6.07) is 8.29. The molecule has 2 fully saturated rings. The Labute approximate surface area is 167 Å². The van der Waals surface area contributed by atoms with Crippen LogP contribution in [0.15, 0.2) is 24.3 Å². The first kappa shape index (κ1) is 20.2. The van der Waals surface area contributed by atoms with Crippen LogP contribution < -0.4 is 10.2 Å². The maximum Gasteiger partial charge on any atom is 0.317 e. The Morgan fingerprint density at radius 2 is 1.85 bits per heavy atom. The van der Waals surface area contributed by atoms with Crippen molar-refractivity contribution in [3.8, 4) is 0 Å². The van der Waals surface area contributed by atoms with E-state index in [0.29, 0.717) is 18.5 Å². The number of halogens is 1. The average Bonchev–Trinajstić information content (AvgIpc) is 2.69. The van der Waals surface area contributed by atoms with E-state index in [1.807, 2.05) is 23.1 Å². The van der Waals surface area contributed by atoms with Gasteiger partial charge in [-0.15, -0.1) is 0 Å². The summed E-state index contributed by atoms with van der Waals surface area (Å²) in [5, 5.41) is 3.91. The van der Waals surface area contributed by atoms with Crippen LogP contribution in [0.1, 0.15) is 13.8 Å². The average molecular weight is 395 g/mol. The first-order valence-electron chi connectivity index (χ1n) is 9.89. The fourth-order valence-corrected chi connectivity index (χ4v) is 4.02. The highest BCUT2D eigenvalue weighted by Crippen LogP contribution is 2.21. The van der Waals surface area contributed by atoms with Crippen LogP contribution in [0.2, 0.25) is 5.02 Å². The van der Waals surface area contributed by atoms with Crippen LogP contribution in [0, 0.1) is 5.92 Å². The number of urea groups is 1. The number of nitrogens with zero attached hydrogens (tertiary/aromatic N) is 3. The third-order valence-electron chi connectivity index (χ3n) is 5.49. The van der Waals surface area contributed by atoms with E-state index in [0.717, 1.165) is 63.2 Å². The number of ether oxygens (including phenoxy) is 1. The van der Waals surface area contributed by atoms with E-state index in [2.05, 4.69) is 35.0 Å². The lowest BCUT2D eigenvalue weighted by Gasteiger charge is -2.38. The molecule has 2 aliphatic rings. The van der Waals surface area contributed by atoms with Crippen molar-refractivity contribution in [2.24, 2.45) is 5.92 Å². The number of anilines is 1. The molecule has 2 aliphatic heterocycles. The molecule has 0 spiro atoms. The lowest BCUT2D eigenvalue weighted by Crippen LogP contribution is -2.55. The van der Waals surface area contributed by atoms with Crippen LogP contribution in [-0.4, -0.2) is 80.9 Å². The third kappa shape index (κ3) is 5.50. The number of benzene rings is 1. The standard InChI is InChI=1S/C20H31ClN4O2/c1-16(2)19(24-10-12-27-13-11-24)15-22-20(26)25-8-6-23(7-9-25)18-5-3-4-17(21)14-18/h3-5,14,16,19H,6-13,15H2,1-2H3,(H,22,26). The van der Waals surface area contributed by atoms with Gasteiger partial charge in [-0.25, -0.2) is 4.79 Å². The Balaban J connectivity index is 1.47. The molecule has 0 saturated carbocycles. The van der Waals surface area contributed by atoms with Gasteiger partial charge < -0.3 is 19.9 Å². The summed E-state index contributed by atoms with van der Waals surface area (Å²) >= 11 is 6.09. The summed E-state index contributed by atoms with van der Waals surface area (Å²) in [4.78, 5) is 19.3. The molecule has 2 saturated heterocycles. The zero-order valence-electron chi connectivity index (χ0n) is 16.4. The van der Waals surface area contributed by atoms with Crippen LogP contribution in [0.4, 0.5) is 10.5 Å². The first-order valence-corrected chi connectivity index (χ1v) is 10.3. The lowest BCUT2D eigenvalue weighted by atomic mass is 10.0. The molecule has 1 aromatic carbocycles. The molecule has 0 radical (unpaired) electrons. The summed E-state index contributed by atoms with van der Waals surface area (Å²) < 4.78 is 5.45. The third-order valence-corrected chi connectivity index (χ3v) is 5.72. The molecule has 0 bridgehead atoms. The van der Waals surface area contributed by atoms with Gasteiger partial charge in [-0.1, -0.05) is 31.5 Å². The van der Waals surface area contributed by atoms with Gasteiger partial charge in [-0.05, 0) is 24.1 Å². The second-order valence-corrected chi connectivity index (χ2v) is 8.04. The van der Waals surface area contributed by atoms with Gasteiger partial charge in [-0.2, -0.15) is 0 Å². The van der Waals surface area contributed by atoms with E-state index in [4.69, 9.17) is 16.3 Å². The molecule has 1 unspecified atom stereocenters. The van der Waals surface area contributed by atoms with Gasteiger partial charge in [0.2, 0.25) is 0 Å². The SMILES string of the molecule is CC(C)C(CNC(=O)N1CCN(c2cccc(Cl)c2)CC1)N1CCOCC1. The van der Waals surface area contributed by atoms with E-state index in [1.54, 1.807) is 0 Å². The predicted octanol–water partition coefficient (Wildman–Crippen LogP) is 2.53. The van der Waals surface area contributed by atoms with Crippen LogP contribution in [0.5, 0.6) is 0 Å². The molecular weight excluding hydrogens is 364 g/mol. The van der Waals surface area contributed by atoms with Crippen molar-refractivity contribution >= 4 is 23.3 Å². The number of hydrogen-bond donors (Lipinski definition) is 1. The highest BCUT2D eigenvalue weighted by molar-refractivity contribution is 6.30. The zero-order chi connectivity index (χ0) is 19.2. The fraction of sp³-hybridized carbons (Fsp3) is 0.650. The van der Waals surface area contributed by atoms with Gasteiger partial charge in [0.05, 0.1) is 13.2 Å². The summed E-state index contributed by atoms with van der Waals surface area (Å²) in [5.74, 6) is 0.489. The smallest absolute Gasteiger partial charge is 0.317 e. The van der Waals surface area contributed by atoms with Crippen molar-refractivity contribution in [3.05, 3.63) is 29.3 Å². The van der Waals surface area contributed by atoms with Crippen LogP contribution >= 0.6 is 11.6 Å². The molecule has 2 amide bonds. The molecule has 2 heterocycles. The summed E-state index contributed by atoms with van der Waals surface area (Å²) in [6.45, 7) is 11.7. The van der Waals surface area contributed by atoms with Gasteiger partial charge in [0.15, 0.2) is 0 Å². The molecule has 1 aromatic rings. The van der Waals surface area contributed by atoms with Gasteiger partial charge in [0.25, 0.3) is 0 Å². The molecule has 6 nitrogen and oxygen atoms in total. The number of hydrogen-bond acceptors (Lipinski definition) is 4. The Morgan fingerprint density at radius 1 is 1.15 bits per heavy atom. The maximum absolute atomic E-state index is 12.6. The molecule has 150 valence electrons. The van der Waals surface area contributed by atoms with Gasteiger partial charge >= 0.3 is 6.03 Å². The zero-order valence-corrected chi connectivity index (χ0v) is 17.1. The number of rotatable bonds is 5. The Bertz CT molecular complexity index is 614. The maximum atomic E-state index is 12.6. The highest BCUT2D eigenvalue weighted by atomic mass is 35.5. The van der Waals surface area contributed by atoms with Gasteiger partial charge in [-0.3, -0.25) is 4.90 Å². The molecule has 3 rings (SSSR count). The summed E-state index contributed by atoms with van der Waals surface area (Å²) in [6.07, 6.45) is 0. The van der Waals surface area contributed by atoms with E-state index < -0.39 is 0 Å². The lowest BCUT2D eigenvalue weighted by molar-refractivity contribution is 0.00693. The number of carbonyl (C=O) groups excluding carboxylic acids is 1. The number of carbonyl (C=O) groups is 1. The summed E-state index contributed by atoms with van der Waals surface area (Å²) in [5.41, 5.74) is 1.12. The van der Waals surface area contributed by atoms with E-state index >= 15 is 0 Å². The van der Waals surface area contributed by atoms with Crippen molar-refractivity contribution in [3.63, 3.8) is 0 Å². The highest BCUT2D eigenvalue weighted by Gasteiger charge is 2.26. The summed E-state index contributed by atoms with van der Waals surface area (Å²) in [7, 11) is 0. The Kier molecular flexibility index (Phi) is 7.21. The number of piperazine rings is 1. The van der Waals surface area contributed by atoms with Gasteiger partial charge in [0, 0.05) is 62.6 Å². The monoisotopic (exact) mass is 394 g/mol. The molecule has 7 heteroatoms. The predicted molar refractivity (Wildman–Crippen MR) is 110 cm³/mol. The minimum absolute atomic E-state index is 0.0413.